The smallest absolute Gasteiger partial charge is 0.272 e. The van der Waals surface area contributed by atoms with Gasteiger partial charge < -0.3 is 24.1 Å². The van der Waals surface area contributed by atoms with Gasteiger partial charge in [-0.05, 0) is 43.9 Å². The number of imidazole rings is 1. The van der Waals surface area contributed by atoms with Gasteiger partial charge in [-0.25, -0.2) is 4.98 Å². The van der Waals surface area contributed by atoms with Crippen LogP contribution in [0.5, 0.6) is 11.5 Å². The normalized spacial score (nSPS) is 12.7. The Morgan fingerprint density at radius 1 is 1.23 bits per heavy atom. The Labute approximate surface area is 151 Å². The molecule has 0 bridgehead atoms. The van der Waals surface area contributed by atoms with Gasteiger partial charge in [0, 0.05) is 19.3 Å². The molecule has 0 unspecified atom stereocenters. The van der Waals surface area contributed by atoms with Gasteiger partial charge in [-0.15, -0.1) is 0 Å². The van der Waals surface area contributed by atoms with Crippen LogP contribution in [0.15, 0.2) is 42.6 Å². The van der Waals surface area contributed by atoms with E-state index in [1.54, 1.807) is 0 Å². The third kappa shape index (κ3) is 3.09. The van der Waals surface area contributed by atoms with Gasteiger partial charge in [0.2, 0.25) is 6.79 Å². The fraction of sp³-hybridized carbons (Fsp3) is 0.263. The number of hydrogen-bond acceptors (Lipinski definition) is 5. The standard InChI is InChI=1S/C19H20N4O3/c1-22(2)11-14-18(21-17-5-3-4-8-23(14)17)19(24)20-10-13-6-7-15-16(9-13)26-12-25-15/h3-9H,10-12H2,1-2H3,(H,20,24). The van der Waals surface area contributed by atoms with Crippen molar-refractivity contribution in [2.24, 2.45) is 0 Å². The maximum absolute atomic E-state index is 12.8. The van der Waals surface area contributed by atoms with E-state index in [0.717, 1.165) is 22.7 Å². The average Bonchev–Trinajstić information content (AvgIpc) is 3.24. The summed E-state index contributed by atoms with van der Waals surface area (Å²) >= 11 is 0. The molecule has 1 amide bonds. The summed E-state index contributed by atoms with van der Waals surface area (Å²) in [7, 11) is 3.94. The zero-order valence-electron chi connectivity index (χ0n) is 14.7. The van der Waals surface area contributed by atoms with Gasteiger partial charge in [-0.1, -0.05) is 12.1 Å². The lowest BCUT2D eigenvalue weighted by atomic mass is 10.2. The molecule has 3 heterocycles. The number of carbonyl (C=O) groups is 1. The Bertz CT molecular complexity index is 965. The number of pyridine rings is 1. The minimum absolute atomic E-state index is 0.191. The molecule has 1 N–H and O–H groups in total. The zero-order valence-corrected chi connectivity index (χ0v) is 14.7. The van der Waals surface area contributed by atoms with Gasteiger partial charge in [-0.2, -0.15) is 0 Å². The Kier molecular flexibility index (Phi) is 4.22. The largest absolute Gasteiger partial charge is 0.454 e. The highest BCUT2D eigenvalue weighted by Gasteiger charge is 2.19. The van der Waals surface area contributed by atoms with E-state index in [-0.39, 0.29) is 12.7 Å². The quantitative estimate of drug-likeness (QED) is 0.761. The molecule has 0 fully saturated rings. The highest BCUT2D eigenvalue weighted by atomic mass is 16.7. The average molecular weight is 352 g/mol. The summed E-state index contributed by atoms with van der Waals surface area (Å²) in [6, 6.07) is 11.4. The van der Waals surface area contributed by atoms with Gasteiger partial charge in [0.25, 0.3) is 5.91 Å². The Morgan fingerprint density at radius 3 is 2.92 bits per heavy atom. The number of ether oxygens (including phenoxy) is 2. The molecule has 1 aliphatic heterocycles. The first-order chi connectivity index (χ1) is 12.6. The first kappa shape index (κ1) is 16.4. The molecular weight excluding hydrogens is 332 g/mol. The van der Waals surface area contributed by atoms with Crippen molar-refractivity contribution in [2.45, 2.75) is 13.1 Å². The summed E-state index contributed by atoms with van der Waals surface area (Å²) in [5, 5.41) is 2.95. The highest BCUT2D eigenvalue weighted by Crippen LogP contribution is 2.32. The molecule has 7 heteroatoms. The van der Waals surface area contributed by atoms with Gasteiger partial charge in [0.15, 0.2) is 17.2 Å². The first-order valence-electron chi connectivity index (χ1n) is 8.39. The van der Waals surface area contributed by atoms with Crippen molar-refractivity contribution < 1.29 is 14.3 Å². The highest BCUT2D eigenvalue weighted by molar-refractivity contribution is 5.94. The van der Waals surface area contributed by atoms with E-state index in [1.807, 2.05) is 66.0 Å². The minimum atomic E-state index is -0.191. The molecule has 0 aliphatic carbocycles. The van der Waals surface area contributed by atoms with Crippen LogP contribution in [0.25, 0.3) is 5.65 Å². The molecule has 7 nitrogen and oxygen atoms in total. The van der Waals surface area contributed by atoms with E-state index in [9.17, 15) is 4.79 Å². The SMILES string of the molecule is CN(C)Cc1c(C(=O)NCc2ccc3c(c2)OCO3)nc2ccccn12. The summed E-state index contributed by atoms with van der Waals surface area (Å²) in [4.78, 5) is 19.3. The minimum Gasteiger partial charge on any atom is -0.454 e. The third-order valence-corrected chi connectivity index (χ3v) is 4.20. The molecule has 0 saturated heterocycles. The molecule has 1 aromatic carbocycles. The topological polar surface area (TPSA) is 68.1 Å². The van der Waals surface area contributed by atoms with E-state index in [1.165, 1.54) is 0 Å². The number of amides is 1. The van der Waals surface area contributed by atoms with Crippen LogP contribution in [0.3, 0.4) is 0 Å². The molecule has 0 saturated carbocycles. The summed E-state index contributed by atoms with van der Waals surface area (Å²) < 4.78 is 12.6. The number of carbonyl (C=O) groups excluding carboxylic acids is 1. The lowest BCUT2D eigenvalue weighted by Gasteiger charge is -2.11. The van der Waals surface area contributed by atoms with Gasteiger partial charge in [0.05, 0.1) is 5.69 Å². The number of benzene rings is 1. The molecule has 4 rings (SSSR count). The predicted octanol–water partition coefficient (Wildman–Crippen LogP) is 2.05. The lowest BCUT2D eigenvalue weighted by Crippen LogP contribution is -2.25. The Balaban J connectivity index is 1.56. The second-order valence-electron chi connectivity index (χ2n) is 6.44. The van der Waals surface area contributed by atoms with Crippen LogP contribution >= 0.6 is 0 Å². The monoisotopic (exact) mass is 352 g/mol. The Morgan fingerprint density at radius 2 is 2.08 bits per heavy atom. The van der Waals surface area contributed by atoms with Crippen molar-refractivity contribution in [3.05, 3.63) is 59.5 Å². The summed E-state index contributed by atoms with van der Waals surface area (Å²) in [5.41, 5.74) is 3.03. The van der Waals surface area contributed by atoms with Crippen LogP contribution in [0.1, 0.15) is 21.7 Å². The summed E-state index contributed by atoms with van der Waals surface area (Å²) in [5.74, 6) is 1.25. The van der Waals surface area contributed by atoms with E-state index < -0.39 is 0 Å². The maximum atomic E-state index is 12.8. The number of hydrogen-bond donors (Lipinski definition) is 1. The third-order valence-electron chi connectivity index (χ3n) is 4.20. The predicted molar refractivity (Wildman–Crippen MR) is 96.3 cm³/mol. The molecule has 134 valence electrons. The second-order valence-corrected chi connectivity index (χ2v) is 6.44. The summed E-state index contributed by atoms with van der Waals surface area (Å²) in [6.07, 6.45) is 1.93. The van der Waals surface area contributed by atoms with Crippen molar-refractivity contribution >= 4 is 11.6 Å². The van der Waals surface area contributed by atoms with Crippen molar-refractivity contribution in [1.29, 1.82) is 0 Å². The van der Waals surface area contributed by atoms with Gasteiger partial charge in [0.1, 0.15) is 5.65 Å². The van der Waals surface area contributed by atoms with Crippen LogP contribution in [-0.2, 0) is 13.1 Å². The number of aromatic nitrogens is 2. The fourth-order valence-electron chi connectivity index (χ4n) is 3.00. The number of fused-ring (bicyclic) bond motifs is 2. The lowest BCUT2D eigenvalue weighted by molar-refractivity contribution is 0.0944. The molecule has 3 aromatic rings. The molecule has 1 aliphatic rings. The number of rotatable bonds is 5. The molecule has 0 atom stereocenters. The summed E-state index contributed by atoms with van der Waals surface area (Å²) in [6.45, 7) is 1.25. The van der Waals surface area contributed by atoms with Crippen LogP contribution in [0.2, 0.25) is 0 Å². The van der Waals surface area contributed by atoms with E-state index in [4.69, 9.17) is 9.47 Å². The second kappa shape index (κ2) is 6.68. The van der Waals surface area contributed by atoms with E-state index in [2.05, 4.69) is 10.3 Å². The Hall–Kier alpha value is -3.06. The van der Waals surface area contributed by atoms with Crippen molar-refractivity contribution in [3.63, 3.8) is 0 Å². The van der Waals surface area contributed by atoms with Crippen molar-refractivity contribution in [1.82, 2.24) is 19.6 Å². The van der Waals surface area contributed by atoms with E-state index >= 15 is 0 Å². The zero-order chi connectivity index (χ0) is 18.1. The maximum Gasteiger partial charge on any atom is 0.272 e. The fourth-order valence-corrected chi connectivity index (χ4v) is 3.00. The number of nitrogens with zero attached hydrogens (tertiary/aromatic N) is 3. The van der Waals surface area contributed by atoms with Crippen LogP contribution in [0, 0.1) is 0 Å². The molecule has 0 radical (unpaired) electrons. The first-order valence-corrected chi connectivity index (χ1v) is 8.39. The van der Waals surface area contributed by atoms with Crippen LogP contribution < -0.4 is 14.8 Å². The van der Waals surface area contributed by atoms with Gasteiger partial charge in [-0.3, -0.25) is 4.79 Å². The molecule has 0 spiro atoms. The van der Waals surface area contributed by atoms with E-state index in [0.29, 0.717) is 24.5 Å². The van der Waals surface area contributed by atoms with Crippen LogP contribution in [-0.4, -0.2) is 41.1 Å². The molecule has 2 aromatic heterocycles. The molecular formula is C19H20N4O3. The number of nitrogens with one attached hydrogen (secondary N) is 1. The van der Waals surface area contributed by atoms with Gasteiger partial charge >= 0.3 is 0 Å². The molecule has 26 heavy (non-hydrogen) atoms. The van der Waals surface area contributed by atoms with Crippen molar-refractivity contribution in [2.75, 3.05) is 20.9 Å². The van der Waals surface area contributed by atoms with Crippen LogP contribution in [0.4, 0.5) is 0 Å². The van der Waals surface area contributed by atoms with Crippen molar-refractivity contribution in [3.8, 4) is 11.5 Å².